The maximum atomic E-state index is 12.6. The first-order valence-corrected chi connectivity index (χ1v) is 14.0. The van der Waals surface area contributed by atoms with Gasteiger partial charge >= 0.3 is 12.0 Å². The fourth-order valence-electron chi connectivity index (χ4n) is 4.98. The summed E-state index contributed by atoms with van der Waals surface area (Å²) in [7, 11) is 2.71. The van der Waals surface area contributed by atoms with Gasteiger partial charge in [0.15, 0.2) is 18.1 Å². The minimum Gasteiger partial charge on any atom is -0.493 e. The highest BCUT2D eigenvalue weighted by Crippen LogP contribution is 2.34. The molecule has 0 saturated heterocycles. The number of carbonyl (C=O) groups is 3. The van der Waals surface area contributed by atoms with E-state index >= 15 is 0 Å². The largest absolute Gasteiger partial charge is 0.493 e. The van der Waals surface area contributed by atoms with Crippen molar-refractivity contribution in [1.29, 1.82) is 0 Å². The third-order valence-electron chi connectivity index (χ3n) is 7.07. The number of para-hydroxylation sites is 1. The number of rotatable bonds is 10. The first-order chi connectivity index (χ1) is 21.3. The van der Waals surface area contributed by atoms with Gasteiger partial charge in [-0.05, 0) is 42.3 Å². The van der Waals surface area contributed by atoms with Gasteiger partial charge in [-0.1, -0.05) is 54.1 Å². The highest BCUT2D eigenvalue weighted by atomic mass is 35.5. The number of allylic oxidation sites excluding steroid dienone is 1. The molecule has 0 unspecified atom stereocenters. The van der Waals surface area contributed by atoms with Crippen LogP contribution in [0.5, 0.6) is 11.5 Å². The van der Waals surface area contributed by atoms with Crippen molar-refractivity contribution in [3.8, 4) is 11.5 Å². The van der Waals surface area contributed by atoms with Crippen LogP contribution in [0.3, 0.4) is 0 Å². The van der Waals surface area contributed by atoms with E-state index in [2.05, 4.69) is 25.7 Å². The van der Waals surface area contributed by atoms with Crippen molar-refractivity contribution in [1.82, 2.24) is 20.6 Å². The monoisotopic (exact) mass is 615 g/mol. The molecule has 5 rings (SSSR count). The molecule has 3 N–H and O–H groups in total. The molecular weight excluding hydrogens is 586 g/mol. The van der Waals surface area contributed by atoms with E-state index in [9.17, 15) is 14.4 Å². The number of aromatic nitrogens is 1. The number of hydrogen-bond donors (Lipinski definition) is 3. The number of methoxy groups -OCH3 is 2. The van der Waals surface area contributed by atoms with Gasteiger partial charge in [0.2, 0.25) is 0 Å². The third kappa shape index (κ3) is 6.52. The Bertz CT molecular complexity index is 1800. The van der Waals surface area contributed by atoms with Crippen LogP contribution in [0.2, 0.25) is 5.02 Å². The molecule has 1 aliphatic heterocycles. The second kappa shape index (κ2) is 13.3. The molecule has 44 heavy (non-hydrogen) atoms. The van der Waals surface area contributed by atoms with Crippen LogP contribution in [0.4, 0.5) is 4.79 Å². The van der Waals surface area contributed by atoms with Crippen molar-refractivity contribution in [2.45, 2.75) is 19.5 Å². The Kier molecular flexibility index (Phi) is 9.15. The van der Waals surface area contributed by atoms with E-state index < -0.39 is 23.9 Å². The second-order valence-electron chi connectivity index (χ2n) is 9.87. The lowest BCUT2D eigenvalue weighted by atomic mass is 9.95. The Balaban J connectivity index is 1.25. The summed E-state index contributed by atoms with van der Waals surface area (Å²) in [6.45, 7) is 1.86. The van der Waals surface area contributed by atoms with Crippen molar-refractivity contribution >= 4 is 46.6 Å². The fraction of sp³-hybridized carbons (Fsp3) is 0.188. The number of ether oxygens (including phenoxy) is 3. The number of nitrogens with zero attached hydrogens (tertiary/aromatic N) is 2. The van der Waals surface area contributed by atoms with Crippen molar-refractivity contribution in [2.24, 2.45) is 5.10 Å². The number of esters is 1. The van der Waals surface area contributed by atoms with Gasteiger partial charge < -0.3 is 29.4 Å². The van der Waals surface area contributed by atoms with Crippen LogP contribution in [0, 0.1) is 0 Å². The predicted octanol–water partition coefficient (Wildman–Crippen LogP) is 4.68. The summed E-state index contributed by atoms with van der Waals surface area (Å²) in [5.41, 5.74) is 6.51. The Labute approximate surface area is 258 Å². The molecule has 0 radical (unpaired) electrons. The van der Waals surface area contributed by atoms with E-state index in [0.717, 1.165) is 22.0 Å². The van der Waals surface area contributed by atoms with Gasteiger partial charge in [-0.2, -0.15) is 5.10 Å². The normalized spacial score (nSPS) is 14.7. The molecular formula is C32H30ClN5O6. The van der Waals surface area contributed by atoms with E-state index in [0.29, 0.717) is 34.3 Å². The van der Waals surface area contributed by atoms with Crippen LogP contribution in [0.1, 0.15) is 29.7 Å². The van der Waals surface area contributed by atoms with E-state index in [1.807, 2.05) is 54.7 Å². The minimum atomic E-state index is -0.771. The van der Waals surface area contributed by atoms with Crippen molar-refractivity contribution in [3.63, 3.8) is 0 Å². The maximum Gasteiger partial charge on any atom is 0.337 e. The smallest absolute Gasteiger partial charge is 0.337 e. The molecule has 0 fully saturated rings. The summed E-state index contributed by atoms with van der Waals surface area (Å²) in [5, 5.41) is 11.1. The summed E-state index contributed by atoms with van der Waals surface area (Å²) in [5.74, 6) is -0.468. The summed E-state index contributed by atoms with van der Waals surface area (Å²) in [4.78, 5) is 37.1. The Morgan fingerprint density at radius 3 is 2.61 bits per heavy atom. The number of carbonyl (C=O) groups excluding carboxylic acids is 3. The lowest BCUT2D eigenvalue weighted by Gasteiger charge is -2.28. The summed E-state index contributed by atoms with van der Waals surface area (Å²) in [6, 6.07) is 19.2. The van der Waals surface area contributed by atoms with Crippen molar-refractivity contribution < 1.29 is 28.6 Å². The third-order valence-corrected chi connectivity index (χ3v) is 7.43. The zero-order valence-corrected chi connectivity index (χ0v) is 25.0. The first-order valence-electron chi connectivity index (χ1n) is 13.6. The number of amides is 3. The highest BCUT2D eigenvalue weighted by molar-refractivity contribution is 6.31. The van der Waals surface area contributed by atoms with Crippen LogP contribution >= 0.6 is 11.6 Å². The molecule has 0 spiro atoms. The van der Waals surface area contributed by atoms with Crippen LogP contribution in [-0.2, 0) is 20.9 Å². The fourth-order valence-corrected chi connectivity index (χ4v) is 5.17. The van der Waals surface area contributed by atoms with Gasteiger partial charge in [-0.15, -0.1) is 0 Å². The lowest BCUT2D eigenvalue weighted by Crippen LogP contribution is -2.45. The molecule has 3 amide bonds. The molecule has 1 aliphatic rings. The summed E-state index contributed by atoms with van der Waals surface area (Å²) < 4.78 is 18.1. The number of halogens is 1. The van der Waals surface area contributed by atoms with Gasteiger partial charge in [0.05, 0.1) is 32.0 Å². The zero-order chi connectivity index (χ0) is 31.2. The maximum absolute atomic E-state index is 12.6. The number of hydrogen-bond acceptors (Lipinski definition) is 7. The van der Waals surface area contributed by atoms with Crippen molar-refractivity contribution in [3.05, 3.63) is 106 Å². The zero-order valence-electron chi connectivity index (χ0n) is 24.2. The molecule has 4 aromatic rings. The molecule has 0 bridgehead atoms. The summed E-state index contributed by atoms with van der Waals surface area (Å²) >= 11 is 6.38. The molecule has 2 heterocycles. The van der Waals surface area contributed by atoms with Gasteiger partial charge in [-0.25, -0.2) is 15.0 Å². The molecule has 0 saturated carbocycles. The van der Waals surface area contributed by atoms with E-state index in [1.54, 1.807) is 31.3 Å². The lowest BCUT2D eigenvalue weighted by molar-refractivity contribution is -0.136. The molecule has 11 nitrogen and oxygen atoms in total. The predicted molar refractivity (Wildman–Crippen MR) is 166 cm³/mol. The topological polar surface area (TPSA) is 132 Å². The Morgan fingerprint density at radius 2 is 1.84 bits per heavy atom. The second-order valence-corrected chi connectivity index (χ2v) is 10.3. The quantitative estimate of drug-likeness (QED) is 0.135. The van der Waals surface area contributed by atoms with Gasteiger partial charge in [0.1, 0.15) is 0 Å². The van der Waals surface area contributed by atoms with E-state index in [4.69, 9.17) is 25.8 Å². The average molecular weight is 616 g/mol. The molecule has 12 heteroatoms. The molecule has 1 aromatic heterocycles. The number of benzene rings is 3. The molecule has 226 valence electrons. The van der Waals surface area contributed by atoms with Crippen LogP contribution in [0.25, 0.3) is 10.9 Å². The van der Waals surface area contributed by atoms with Crippen molar-refractivity contribution in [2.75, 3.05) is 20.8 Å². The van der Waals surface area contributed by atoms with E-state index in [1.165, 1.54) is 14.2 Å². The van der Waals surface area contributed by atoms with Gasteiger partial charge in [0.25, 0.3) is 5.91 Å². The summed E-state index contributed by atoms with van der Waals surface area (Å²) in [6.07, 6.45) is 3.54. The minimum absolute atomic E-state index is 0.257. The van der Waals surface area contributed by atoms with E-state index in [-0.39, 0.29) is 12.2 Å². The Hall–Kier alpha value is -5.29. The Morgan fingerprint density at radius 1 is 1.07 bits per heavy atom. The molecule has 0 aliphatic carbocycles. The van der Waals surface area contributed by atoms with Gasteiger partial charge in [0, 0.05) is 39.9 Å². The number of urea groups is 1. The molecule has 1 atom stereocenters. The number of hydrazone groups is 1. The van der Waals surface area contributed by atoms with Crippen LogP contribution < -0.4 is 25.5 Å². The number of nitrogens with one attached hydrogen (secondary N) is 3. The first kappa shape index (κ1) is 30.2. The SMILES string of the molecule is COC(=O)C1=C(C)NC(=O)N[C@@H]1c1ccc(OCC(=O)N/N=C\c2cn(Cc3ccccc3Cl)c3ccccc23)c(OC)c1. The van der Waals surface area contributed by atoms with Crippen LogP contribution in [-0.4, -0.2) is 49.5 Å². The van der Waals surface area contributed by atoms with Gasteiger partial charge in [-0.3, -0.25) is 4.79 Å². The highest BCUT2D eigenvalue weighted by Gasteiger charge is 2.32. The molecule has 3 aromatic carbocycles. The van der Waals surface area contributed by atoms with Crippen LogP contribution in [0.15, 0.2) is 89.3 Å². The average Bonchev–Trinajstić information content (AvgIpc) is 3.37. The number of fused-ring (bicyclic) bond motifs is 1. The standard InChI is InChI=1S/C32H30ClN5O6/c1-19-29(31(40)43-3)30(36-32(41)35-19)20-12-13-26(27(14-20)42-2)44-18-28(39)37-34-15-22-17-38(25-11-7-5-9-23(22)25)16-21-8-4-6-10-24(21)33/h4-15,17,30H,16,18H2,1-3H3,(H,37,39)(H2,35,36,41)/b34-15-/t30-/m1/s1.